The number of anilines is 5. The molecule has 1 N–H and O–H groups in total. The van der Waals surface area contributed by atoms with Crippen molar-refractivity contribution in [1.82, 2.24) is 0 Å². The van der Waals surface area contributed by atoms with Crippen LogP contribution in [0.1, 0.15) is 62.8 Å². The van der Waals surface area contributed by atoms with Gasteiger partial charge in [-0.15, -0.1) is 0 Å². The number of ether oxygens (including phenoxy) is 2. The topological polar surface area (TPSA) is 60.0 Å². The van der Waals surface area contributed by atoms with Gasteiger partial charge in [0.05, 0.1) is 11.3 Å². The number of aryl methyl sites for hydroxylation is 2. The van der Waals surface area contributed by atoms with Crippen molar-refractivity contribution in [3.8, 4) is 45.3 Å². The molecule has 0 radical (unpaired) electrons. The maximum atomic E-state index is 7.22. The van der Waals surface area contributed by atoms with Gasteiger partial charge in [0.25, 0.3) is 0 Å². The molecule has 0 saturated heterocycles. The summed E-state index contributed by atoms with van der Waals surface area (Å²) in [6.07, 6.45) is 2.25. The Morgan fingerprint density at radius 3 is 1.82 bits per heavy atom. The van der Waals surface area contributed by atoms with Crippen LogP contribution in [0.3, 0.4) is 0 Å². The Bertz CT molecular complexity index is 4050. The first-order chi connectivity index (χ1) is 34.5. The van der Waals surface area contributed by atoms with Gasteiger partial charge in [-0.3, -0.25) is 0 Å². The van der Waals surface area contributed by atoms with Crippen LogP contribution in [0.15, 0.2) is 173 Å². The van der Waals surface area contributed by atoms with Gasteiger partial charge < -0.3 is 28.5 Å². The lowest BCUT2D eigenvalue weighted by atomic mass is 9.57. The number of nitrogens with one attached hydrogen (secondary N) is 1. The van der Waals surface area contributed by atoms with Crippen molar-refractivity contribution in [2.24, 2.45) is 0 Å². The van der Waals surface area contributed by atoms with Gasteiger partial charge in [-0.2, -0.15) is 0 Å². The average molecular weight is 923 g/mol. The molecule has 0 atom stereocenters. The highest BCUT2D eigenvalue weighted by Crippen LogP contribution is 2.54. The van der Waals surface area contributed by atoms with Gasteiger partial charge in [0, 0.05) is 61.5 Å². The van der Waals surface area contributed by atoms with Crippen molar-refractivity contribution in [2.45, 2.75) is 65.2 Å². The Kier molecular flexibility index (Phi) is 8.93. The van der Waals surface area contributed by atoms with Crippen LogP contribution in [0.5, 0.6) is 23.0 Å². The van der Waals surface area contributed by atoms with Crippen molar-refractivity contribution < 1.29 is 18.3 Å². The zero-order valence-electron chi connectivity index (χ0n) is 40.8. The fourth-order valence-corrected chi connectivity index (χ4v) is 11.9. The second-order valence-corrected chi connectivity index (χ2v) is 21.3. The Morgan fingerprint density at radius 2 is 1.10 bits per heavy atom. The van der Waals surface area contributed by atoms with E-state index >= 15 is 0 Å². The zero-order chi connectivity index (χ0) is 47.9. The minimum absolute atomic E-state index is 0.0206. The summed E-state index contributed by atoms with van der Waals surface area (Å²) >= 11 is 0. The molecule has 0 spiro atoms. The maximum Gasteiger partial charge on any atom is 0.198 e. The van der Waals surface area contributed by atoms with E-state index in [-0.39, 0.29) is 10.8 Å². The second kappa shape index (κ2) is 15.2. The fourth-order valence-electron chi connectivity index (χ4n) is 11.9. The molecule has 0 amide bonds. The molecule has 2 aliphatic heterocycles. The first kappa shape index (κ1) is 41.8. The van der Waals surface area contributed by atoms with Gasteiger partial charge in [0.1, 0.15) is 22.3 Å². The Balaban J connectivity index is 1.10. The standard InChI is InChI=1S/C64H51BN2O4/c1-36-24-26-47(42(30-36)38-16-8-7-9-17-38)66-48-27-25-41-39-18-10-12-20-52(39)70-61(41)58(48)59-60-51(32-43-40-19-11-13-21-53(40)71-62(43)59)67(49-33-45-44(31-37(49)2)63(3,4)28-29-64(45,5)6)50-35-57-56(34-46(50)65-60)68-54-22-14-15-23-55(54)69-57/h7-27,30-35,65-66H,28-29H2,1-6H3. The van der Waals surface area contributed by atoms with Crippen LogP contribution in [0.4, 0.5) is 28.4 Å². The van der Waals surface area contributed by atoms with Crippen molar-refractivity contribution in [1.29, 1.82) is 0 Å². The molecular formula is C64H51BN2O4. The van der Waals surface area contributed by atoms with Gasteiger partial charge in [-0.25, -0.2) is 0 Å². The molecule has 14 rings (SSSR count). The summed E-state index contributed by atoms with van der Waals surface area (Å²) in [6, 6.07) is 58.2. The van der Waals surface area contributed by atoms with E-state index in [4.69, 9.17) is 18.3 Å². The number of furan rings is 2. The van der Waals surface area contributed by atoms with E-state index in [0.29, 0.717) is 30.3 Å². The first-order valence-corrected chi connectivity index (χ1v) is 24.9. The zero-order valence-corrected chi connectivity index (χ0v) is 40.8. The maximum absolute atomic E-state index is 7.22. The molecule has 6 nitrogen and oxygen atoms in total. The fraction of sp³-hybridized carbons (Fsp3) is 0.156. The Hall–Kier alpha value is -8.16. The first-order valence-electron chi connectivity index (χ1n) is 24.9. The predicted octanol–water partition coefficient (Wildman–Crippen LogP) is 16.6. The molecule has 0 unspecified atom stereocenters. The minimum atomic E-state index is -0.0206. The van der Waals surface area contributed by atoms with Crippen LogP contribution >= 0.6 is 0 Å². The highest BCUT2D eigenvalue weighted by atomic mass is 16.6. The molecular weight excluding hydrogens is 872 g/mol. The number of fused-ring (bicyclic) bond motifs is 11. The van der Waals surface area contributed by atoms with Gasteiger partial charge >= 0.3 is 0 Å². The van der Waals surface area contributed by atoms with E-state index in [0.717, 1.165) is 118 Å². The molecule has 9 aromatic carbocycles. The summed E-state index contributed by atoms with van der Waals surface area (Å²) in [5.41, 5.74) is 20.1. The average Bonchev–Trinajstić information content (AvgIpc) is 3.94. The molecule has 344 valence electrons. The molecule has 7 heteroatoms. The third-order valence-electron chi connectivity index (χ3n) is 15.8. The van der Waals surface area contributed by atoms with Gasteiger partial charge in [-0.1, -0.05) is 130 Å². The van der Waals surface area contributed by atoms with Crippen molar-refractivity contribution >= 4 is 90.5 Å². The lowest BCUT2D eigenvalue weighted by Gasteiger charge is -2.44. The van der Waals surface area contributed by atoms with E-state index in [1.54, 1.807) is 0 Å². The Labute approximate surface area is 413 Å². The van der Waals surface area contributed by atoms with Crippen LogP contribution < -0.4 is 30.6 Å². The largest absolute Gasteiger partial charge is 0.455 e. The highest BCUT2D eigenvalue weighted by Gasteiger charge is 2.40. The van der Waals surface area contributed by atoms with Crippen LogP contribution in [-0.4, -0.2) is 7.28 Å². The monoisotopic (exact) mass is 922 g/mol. The van der Waals surface area contributed by atoms with Gasteiger partial charge in [0.2, 0.25) is 0 Å². The Morgan fingerprint density at radius 1 is 0.493 bits per heavy atom. The molecule has 0 bridgehead atoms. The van der Waals surface area contributed by atoms with E-state index in [1.807, 2.05) is 30.3 Å². The lowest BCUT2D eigenvalue weighted by Crippen LogP contribution is -2.41. The van der Waals surface area contributed by atoms with E-state index in [1.165, 1.54) is 22.3 Å². The molecule has 2 aromatic heterocycles. The normalized spacial score (nSPS) is 15.0. The second-order valence-electron chi connectivity index (χ2n) is 21.3. The van der Waals surface area contributed by atoms with Crippen LogP contribution in [0.25, 0.3) is 66.1 Å². The number of para-hydroxylation sites is 4. The number of hydrogen-bond acceptors (Lipinski definition) is 6. The molecule has 0 saturated carbocycles. The SMILES string of the molecule is Cc1ccc(Nc2ccc3c(oc4ccccc43)c2-c2c3c(cc4c2oc2ccccc24)N(c2cc4c(cc2C)C(C)(C)CCC4(C)C)c2cc4c(cc2B3)Oc2ccccc2O4)c(-c2ccccc2)c1. The summed E-state index contributed by atoms with van der Waals surface area (Å²) in [6.45, 7) is 14.1. The summed E-state index contributed by atoms with van der Waals surface area (Å²) < 4.78 is 27.8. The predicted molar refractivity (Wildman–Crippen MR) is 294 cm³/mol. The van der Waals surface area contributed by atoms with E-state index < -0.39 is 0 Å². The van der Waals surface area contributed by atoms with E-state index in [9.17, 15) is 0 Å². The number of nitrogens with zero attached hydrogens (tertiary/aromatic N) is 1. The molecule has 4 heterocycles. The van der Waals surface area contributed by atoms with Crippen LogP contribution in [0.2, 0.25) is 0 Å². The molecule has 3 aliphatic rings. The smallest absolute Gasteiger partial charge is 0.198 e. The number of benzene rings is 9. The molecule has 0 fully saturated rings. The van der Waals surface area contributed by atoms with Crippen molar-refractivity contribution in [3.63, 3.8) is 0 Å². The van der Waals surface area contributed by atoms with Gasteiger partial charge in [-0.05, 0) is 132 Å². The molecule has 1 aliphatic carbocycles. The summed E-state index contributed by atoms with van der Waals surface area (Å²) in [5, 5.41) is 8.22. The summed E-state index contributed by atoms with van der Waals surface area (Å²) in [7, 11) is 0.583. The molecule has 71 heavy (non-hydrogen) atoms. The number of hydrogen-bond donors (Lipinski definition) is 1. The summed E-state index contributed by atoms with van der Waals surface area (Å²) in [4.78, 5) is 2.51. The van der Waals surface area contributed by atoms with Crippen LogP contribution in [-0.2, 0) is 10.8 Å². The van der Waals surface area contributed by atoms with Crippen molar-refractivity contribution in [3.05, 3.63) is 186 Å². The highest BCUT2D eigenvalue weighted by molar-refractivity contribution is 6.74. The summed E-state index contributed by atoms with van der Waals surface area (Å²) in [5.74, 6) is 2.78. The third-order valence-corrected chi connectivity index (χ3v) is 15.8. The minimum Gasteiger partial charge on any atom is -0.455 e. The van der Waals surface area contributed by atoms with Crippen LogP contribution in [0, 0.1) is 13.8 Å². The van der Waals surface area contributed by atoms with E-state index in [2.05, 4.69) is 185 Å². The quantitative estimate of drug-likeness (QED) is 0.174. The third kappa shape index (κ3) is 6.41. The number of rotatable bonds is 5. The van der Waals surface area contributed by atoms with Crippen molar-refractivity contribution in [2.75, 3.05) is 10.2 Å². The van der Waals surface area contributed by atoms with Gasteiger partial charge in [0.15, 0.2) is 30.3 Å². The lowest BCUT2D eigenvalue weighted by molar-refractivity contribution is 0.332. The molecule has 11 aromatic rings.